The van der Waals surface area contributed by atoms with Gasteiger partial charge in [0.15, 0.2) is 0 Å². The highest BCUT2D eigenvalue weighted by Crippen LogP contribution is 2.53. The predicted molar refractivity (Wildman–Crippen MR) is 69.6 cm³/mol. The Morgan fingerprint density at radius 3 is 2.65 bits per heavy atom. The molecule has 2 N–H and O–H groups in total. The van der Waals surface area contributed by atoms with Crippen LogP contribution in [0.25, 0.3) is 0 Å². The Balaban J connectivity index is 2.24. The highest BCUT2D eigenvalue weighted by molar-refractivity contribution is 5.18. The van der Waals surface area contributed by atoms with Crippen LogP contribution in [0.5, 0.6) is 0 Å². The fourth-order valence-electron chi connectivity index (χ4n) is 3.79. The quantitative estimate of drug-likeness (QED) is 0.690. The fourth-order valence-corrected chi connectivity index (χ4v) is 3.79. The maximum absolute atomic E-state index is 10.3. The lowest BCUT2D eigenvalue weighted by atomic mass is 9.55. The van der Waals surface area contributed by atoms with Gasteiger partial charge in [0.2, 0.25) is 0 Å². The van der Waals surface area contributed by atoms with Crippen LogP contribution < -0.4 is 0 Å². The topological polar surface area (TPSA) is 40.5 Å². The first-order chi connectivity index (χ1) is 7.75. The first-order valence-electron chi connectivity index (χ1n) is 6.82. The lowest BCUT2D eigenvalue weighted by Gasteiger charge is -2.52. The number of rotatable bonds is 1. The first-order valence-corrected chi connectivity index (χ1v) is 6.82. The Hall–Kier alpha value is -0.340. The summed E-state index contributed by atoms with van der Waals surface area (Å²) in [5.74, 6) is 0.797. The summed E-state index contributed by atoms with van der Waals surface area (Å²) < 4.78 is 0. The van der Waals surface area contributed by atoms with Crippen LogP contribution in [0.4, 0.5) is 0 Å². The minimum Gasteiger partial charge on any atom is -0.392 e. The lowest BCUT2D eigenvalue weighted by Crippen LogP contribution is -2.49. The van der Waals surface area contributed by atoms with Crippen molar-refractivity contribution in [2.24, 2.45) is 17.3 Å². The molecule has 0 spiro atoms. The highest BCUT2D eigenvalue weighted by atomic mass is 16.3. The second kappa shape index (κ2) is 4.10. The molecule has 0 aromatic heterocycles. The Kier molecular flexibility index (Phi) is 3.16. The van der Waals surface area contributed by atoms with Gasteiger partial charge in [0.25, 0.3) is 0 Å². The Labute approximate surface area is 105 Å². The molecular weight excluding hydrogens is 212 g/mol. The molecule has 0 aromatic carbocycles. The van der Waals surface area contributed by atoms with Crippen molar-refractivity contribution in [3.05, 3.63) is 11.6 Å². The molecule has 0 heterocycles. The van der Waals surface area contributed by atoms with E-state index in [1.54, 1.807) is 0 Å². The third kappa shape index (κ3) is 2.17. The maximum atomic E-state index is 10.3. The smallest absolute Gasteiger partial charge is 0.0633 e. The summed E-state index contributed by atoms with van der Waals surface area (Å²) >= 11 is 0. The predicted octanol–water partition coefficient (Wildman–Crippen LogP) is 2.89. The van der Waals surface area contributed by atoms with E-state index >= 15 is 0 Å². The summed E-state index contributed by atoms with van der Waals surface area (Å²) in [6, 6.07) is 0. The molecule has 2 nitrogen and oxygen atoms in total. The molecule has 4 atom stereocenters. The molecule has 0 amide bonds. The molecule has 0 aliphatic heterocycles. The van der Waals surface area contributed by atoms with Gasteiger partial charge in [-0.25, -0.2) is 0 Å². The van der Waals surface area contributed by atoms with Crippen LogP contribution >= 0.6 is 0 Å². The Bertz CT molecular complexity index is 326. The van der Waals surface area contributed by atoms with Crippen molar-refractivity contribution >= 4 is 0 Å². The van der Waals surface area contributed by atoms with Crippen molar-refractivity contribution in [2.75, 3.05) is 0 Å². The molecule has 1 fully saturated rings. The van der Waals surface area contributed by atoms with E-state index in [2.05, 4.69) is 19.9 Å². The molecule has 1 saturated carbocycles. The molecule has 0 saturated heterocycles. The van der Waals surface area contributed by atoms with Crippen LogP contribution in [0.15, 0.2) is 11.6 Å². The zero-order chi connectivity index (χ0) is 12.8. The van der Waals surface area contributed by atoms with E-state index < -0.39 is 5.60 Å². The van der Waals surface area contributed by atoms with Crippen LogP contribution in [0, 0.1) is 17.3 Å². The Morgan fingerprint density at radius 1 is 1.41 bits per heavy atom. The summed E-state index contributed by atoms with van der Waals surface area (Å²) in [6.07, 6.45) is 5.84. The van der Waals surface area contributed by atoms with Gasteiger partial charge in [0.1, 0.15) is 0 Å². The van der Waals surface area contributed by atoms with Crippen molar-refractivity contribution < 1.29 is 10.2 Å². The number of fused-ring (bicyclic) bond motifs is 1. The average molecular weight is 238 g/mol. The van der Waals surface area contributed by atoms with Gasteiger partial charge in [-0.15, -0.1) is 0 Å². The van der Waals surface area contributed by atoms with Crippen LogP contribution in [0.3, 0.4) is 0 Å². The minimum atomic E-state index is -0.593. The SMILES string of the molecule is CC1=CC[C@@H](O)[C@]2(C)CC[C@@H](C(C)(C)O)C[C@@H]12. The van der Waals surface area contributed by atoms with Gasteiger partial charge in [0, 0.05) is 5.41 Å². The number of allylic oxidation sites excluding steroid dienone is 1. The normalized spacial score (nSPS) is 42.9. The number of aliphatic hydroxyl groups excluding tert-OH is 1. The van der Waals surface area contributed by atoms with Gasteiger partial charge in [0.05, 0.1) is 11.7 Å². The number of hydrogen-bond donors (Lipinski definition) is 2. The molecule has 0 unspecified atom stereocenters. The molecule has 2 rings (SSSR count). The van der Waals surface area contributed by atoms with Gasteiger partial charge in [-0.05, 0) is 58.3 Å². The zero-order valence-corrected chi connectivity index (χ0v) is 11.5. The largest absolute Gasteiger partial charge is 0.392 e. The van der Waals surface area contributed by atoms with Crippen LogP contribution in [0.2, 0.25) is 0 Å². The summed E-state index contributed by atoms with van der Waals surface area (Å²) in [4.78, 5) is 0. The minimum absolute atomic E-state index is 0.0284. The summed E-state index contributed by atoms with van der Waals surface area (Å²) in [5.41, 5.74) is 0.844. The summed E-state index contributed by atoms with van der Waals surface area (Å²) in [6.45, 7) is 8.23. The molecule has 0 radical (unpaired) electrons. The van der Waals surface area contributed by atoms with E-state index in [-0.39, 0.29) is 11.5 Å². The van der Waals surface area contributed by atoms with Crippen LogP contribution in [-0.2, 0) is 0 Å². The van der Waals surface area contributed by atoms with Crippen molar-refractivity contribution in [3.63, 3.8) is 0 Å². The van der Waals surface area contributed by atoms with E-state index in [9.17, 15) is 10.2 Å². The van der Waals surface area contributed by atoms with Crippen molar-refractivity contribution in [2.45, 2.75) is 65.1 Å². The van der Waals surface area contributed by atoms with Gasteiger partial charge < -0.3 is 10.2 Å². The third-order valence-electron chi connectivity index (χ3n) is 5.32. The standard InChI is InChI=1S/C15H26O2/c1-10-5-6-13(16)15(4)8-7-11(9-12(10)15)14(2,3)17/h5,11-13,16-17H,6-9H2,1-4H3/t11-,12+,13-,15-/m1/s1. The molecule has 2 heteroatoms. The first kappa shape index (κ1) is 13.1. The number of hydrogen-bond acceptors (Lipinski definition) is 2. The van der Waals surface area contributed by atoms with Crippen LogP contribution in [-0.4, -0.2) is 21.9 Å². The molecule has 98 valence electrons. The summed E-state index contributed by atoms with van der Waals surface area (Å²) in [5, 5.41) is 20.5. The highest BCUT2D eigenvalue weighted by Gasteiger charge is 2.49. The van der Waals surface area contributed by atoms with E-state index in [0.717, 1.165) is 25.7 Å². The average Bonchev–Trinajstić information content (AvgIpc) is 2.22. The van der Waals surface area contributed by atoms with Gasteiger partial charge in [-0.2, -0.15) is 0 Å². The number of aliphatic hydroxyl groups is 2. The van der Waals surface area contributed by atoms with E-state index in [1.165, 1.54) is 5.57 Å². The van der Waals surface area contributed by atoms with Crippen LogP contribution in [0.1, 0.15) is 53.4 Å². The third-order valence-corrected chi connectivity index (χ3v) is 5.32. The van der Waals surface area contributed by atoms with Crippen molar-refractivity contribution in [1.82, 2.24) is 0 Å². The Morgan fingerprint density at radius 2 is 2.06 bits per heavy atom. The second-order valence-electron chi connectivity index (χ2n) is 6.88. The van der Waals surface area contributed by atoms with Crippen molar-refractivity contribution in [1.29, 1.82) is 0 Å². The molecular formula is C15H26O2. The molecule has 17 heavy (non-hydrogen) atoms. The molecule has 0 aromatic rings. The van der Waals surface area contributed by atoms with Crippen molar-refractivity contribution in [3.8, 4) is 0 Å². The monoisotopic (exact) mass is 238 g/mol. The summed E-state index contributed by atoms with van der Waals surface area (Å²) in [7, 11) is 0. The van der Waals surface area contributed by atoms with Gasteiger partial charge >= 0.3 is 0 Å². The van der Waals surface area contributed by atoms with Gasteiger partial charge in [-0.1, -0.05) is 18.6 Å². The van der Waals surface area contributed by atoms with E-state index in [1.807, 2.05) is 13.8 Å². The molecule has 2 aliphatic carbocycles. The zero-order valence-electron chi connectivity index (χ0n) is 11.5. The van der Waals surface area contributed by atoms with Gasteiger partial charge in [-0.3, -0.25) is 0 Å². The molecule has 2 aliphatic rings. The maximum Gasteiger partial charge on any atom is 0.0633 e. The molecule has 0 bridgehead atoms. The lowest BCUT2D eigenvalue weighted by molar-refractivity contribution is -0.0797. The fraction of sp³-hybridized carbons (Fsp3) is 0.867. The van der Waals surface area contributed by atoms with E-state index in [0.29, 0.717) is 11.8 Å². The van der Waals surface area contributed by atoms with E-state index in [4.69, 9.17) is 0 Å². The second-order valence-corrected chi connectivity index (χ2v) is 6.88.